The van der Waals surface area contributed by atoms with Crippen LogP contribution in [0.15, 0.2) is 18.2 Å². The van der Waals surface area contributed by atoms with Crippen LogP contribution in [-0.2, 0) is 10.2 Å². The minimum atomic E-state index is -0.545. The number of halogens is 1. The molecule has 1 saturated carbocycles. The van der Waals surface area contributed by atoms with Crippen LogP contribution in [0.3, 0.4) is 0 Å². The number of fused-ring (bicyclic) bond motifs is 2. The summed E-state index contributed by atoms with van der Waals surface area (Å²) in [5.74, 6) is -0.308. The number of rotatable bonds is 1. The highest BCUT2D eigenvalue weighted by molar-refractivity contribution is 5.99. The van der Waals surface area contributed by atoms with Crippen molar-refractivity contribution in [3.63, 3.8) is 0 Å². The highest BCUT2D eigenvalue weighted by Crippen LogP contribution is 2.53. The molecule has 0 bridgehead atoms. The van der Waals surface area contributed by atoms with E-state index in [1.54, 1.807) is 17.9 Å². The Labute approximate surface area is 106 Å². The van der Waals surface area contributed by atoms with Gasteiger partial charge in [0.2, 0.25) is 5.91 Å². The molecular weight excluding hydrogens is 231 g/mol. The molecule has 0 radical (unpaired) electrons. The molecule has 2 aliphatic rings. The van der Waals surface area contributed by atoms with Gasteiger partial charge < -0.3 is 10.6 Å². The second-order valence-electron chi connectivity index (χ2n) is 5.48. The second-order valence-corrected chi connectivity index (χ2v) is 5.48. The molecule has 3 nitrogen and oxygen atoms in total. The van der Waals surface area contributed by atoms with Crippen LogP contribution < -0.4 is 10.6 Å². The van der Waals surface area contributed by atoms with E-state index in [4.69, 9.17) is 5.73 Å². The van der Waals surface area contributed by atoms with Crippen molar-refractivity contribution >= 4 is 11.6 Å². The summed E-state index contributed by atoms with van der Waals surface area (Å²) in [6.07, 6.45) is 3.03. The number of nitrogens with two attached hydrogens (primary N) is 1. The molecular formula is C14H17FN2O. The molecule has 1 fully saturated rings. The summed E-state index contributed by atoms with van der Waals surface area (Å²) in [6.45, 7) is 2.26. The number of nitrogens with zero attached hydrogens (tertiary/aromatic N) is 1. The fraction of sp³-hybridized carbons (Fsp3) is 0.500. The quantitative estimate of drug-likeness (QED) is 0.825. The van der Waals surface area contributed by atoms with Gasteiger partial charge in [-0.25, -0.2) is 4.39 Å². The van der Waals surface area contributed by atoms with Crippen molar-refractivity contribution in [2.75, 3.05) is 11.4 Å². The standard InChI is InChI=1S/C14H17FN2O/c1-9(16)13(18)17-8-14(6-3-7-14)12-10(15)4-2-5-11(12)17/h2,4-5,9H,3,6-8,16H2,1H3/t9-/m1/s1. The summed E-state index contributed by atoms with van der Waals surface area (Å²) in [6, 6.07) is 4.43. The molecule has 1 spiro atoms. The molecule has 2 N–H and O–H groups in total. The van der Waals surface area contributed by atoms with Crippen LogP contribution in [0.5, 0.6) is 0 Å². The van der Waals surface area contributed by atoms with E-state index in [-0.39, 0.29) is 17.1 Å². The van der Waals surface area contributed by atoms with Crippen LogP contribution >= 0.6 is 0 Å². The maximum atomic E-state index is 14.1. The minimum absolute atomic E-state index is 0.120. The van der Waals surface area contributed by atoms with Crippen molar-refractivity contribution in [3.8, 4) is 0 Å². The molecule has 1 aromatic carbocycles. The first-order chi connectivity index (χ1) is 8.55. The number of carbonyl (C=O) groups is 1. The minimum Gasteiger partial charge on any atom is -0.320 e. The molecule has 1 atom stereocenters. The van der Waals surface area contributed by atoms with Crippen LogP contribution in [0, 0.1) is 5.82 Å². The van der Waals surface area contributed by atoms with Gasteiger partial charge in [-0.3, -0.25) is 4.79 Å². The molecule has 1 aliphatic carbocycles. The third kappa shape index (κ3) is 1.42. The Balaban J connectivity index is 2.09. The Morgan fingerprint density at radius 3 is 2.78 bits per heavy atom. The molecule has 0 aromatic heterocycles. The third-order valence-corrected chi connectivity index (χ3v) is 4.24. The summed E-state index contributed by atoms with van der Waals surface area (Å²) in [5.41, 5.74) is 6.97. The predicted octanol–water partition coefficient (Wildman–Crippen LogP) is 1.94. The topological polar surface area (TPSA) is 46.3 Å². The van der Waals surface area contributed by atoms with Crippen molar-refractivity contribution in [2.24, 2.45) is 5.73 Å². The largest absolute Gasteiger partial charge is 0.320 e. The number of amides is 1. The van der Waals surface area contributed by atoms with E-state index in [0.717, 1.165) is 30.5 Å². The molecule has 18 heavy (non-hydrogen) atoms. The van der Waals surface area contributed by atoms with Gasteiger partial charge in [0.25, 0.3) is 0 Å². The maximum absolute atomic E-state index is 14.1. The predicted molar refractivity (Wildman–Crippen MR) is 67.9 cm³/mol. The molecule has 1 aromatic rings. The summed E-state index contributed by atoms with van der Waals surface area (Å²) < 4.78 is 14.1. The number of carbonyl (C=O) groups excluding carboxylic acids is 1. The van der Waals surface area contributed by atoms with Crippen LogP contribution in [0.1, 0.15) is 31.7 Å². The Bertz CT molecular complexity index is 509. The van der Waals surface area contributed by atoms with Crippen LogP contribution in [0.25, 0.3) is 0 Å². The smallest absolute Gasteiger partial charge is 0.243 e. The Kier molecular flexibility index (Phi) is 2.45. The molecule has 0 unspecified atom stereocenters. The molecule has 3 rings (SSSR count). The summed E-state index contributed by atoms with van der Waals surface area (Å²) in [4.78, 5) is 13.8. The lowest BCUT2D eigenvalue weighted by Gasteiger charge is -2.39. The van der Waals surface area contributed by atoms with Crippen LogP contribution in [0.2, 0.25) is 0 Å². The highest BCUT2D eigenvalue weighted by atomic mass is 19.1. The molecule has 1 heterocycles. The summed E-state index contributed by atoms with van der Waals surface area (Å²) in [7, 11) is 0. The van der Waals surface area contributed by atoms with E-state index in [2.05, 4.69) is 0 Å². The maximum Gasteiger partial charge on any atom is 0.243 e. The van der Waals surface area contributed by atoms with Crippen molar-refractivity contribution in [2.45, 2.75) is 37.6 Å². The van der Waals surface area contributed by atoms with Gasteiger partial charge >= 0.3 is 0 Å². The van der Waals surface area contributed by atoms with E-state index >= 15 is 0 Å². The number of benzene rings is 1. The fourth-order valence-electron chi connectivity index (χ4n) is 3.18. The molecule has 1 amide bonds. The van der Waals surface area contributed by atoms with Crippen molar-refractivity contribution < 1.29 is 9.18 Å². The molecule has 0 saturated heterocycles. The lowest BCUT2D eigenvalue weighted by atomic mass is 9.65. The number of hydrogen-bond donors (Lipinski definition) is 1. The van der Waals surface area contributed by atoms with E-state index in [0.29, 0.717) is 6.54 Å². The van der Waals surface area contributed by atoms with Gasteiger partial charge in [0.05, 0.1) is 11.7 Å². The van der Waals surface area contributed by atoms with Gasteiger partial charge in [0, 0.05) is 17.5 Å². The summed E-state index contributed by atoms with van der Waals surface area (Å²) in [5, 5.41) is 0. The zero-order valence-electron chi connectivity index (χ0n) is 10.4. The van der Waals surface area contributed by atoms with Gasteiger partial charge in [-0.1, -0.05) is 12.5 Å². The zero-order chi connectivity index (χ0) is 12.9. The van der Waals surface area contributed by atoms with Gasteiger partial charge in [0.15, 0.2) is 0 Å². The van der Waals surface area contributed by atoms with Crippen LogP contribution in [0.4, 0.5) is 10.1 Å². The van der Waals surface area contributed by atoms with Gasteiger partial charge in [0.1, 0.15) is 5.82 Å². The Morgan fingerprint density at radius 1 is 1.50 bits per heavy atom. The normalized spacial score (nSPS) is 21.6. The second kappa shape index (κ2) is 3.79. The zero-order valence-corrected chi connectivity index (χ0v) is 10.4. The van der Waals surface area contributed by atoms with Crippen molar-refractivity contribution in [1.29, 1.82) is 0 Å². The first-order valence-corrected chi connectivity index (χ1v) is 6.41. The lowest BCUT2D eigenvalue weighted by Crippen LogP contribution is -2.46. The lowest BCUT2D eigenvalue weighted by molar-refractivity contribution is -0.119. The van der Waals surface area contributed by atoms with Gasteiger partial charge in [-0.2, -0.15) is 0 Å². The van der Waals surface area contributed by atoms with Gasteiger partial charge in [-0.15, -0.1) is 0 Å². The Hall–Kier alpha value is -1.42. The monoisotopic (exact) mass is 248 g/mol. The SMILES string of the molecule is C[C@@H](N)C(=O)N1CC2(CCC2)c2c(F)cccc21. The van der Waals surface area contributed by atoms with Crippen molar-refractivity contribution in [1.82, 2.24) is 0 Å². The first-order valence-electron chi connectivity index (χ1n) is 6.41. The highest BCUT2D eigenvalue weighted by Gasteiger charge is 2.50. The first kappa shape index (κ1) is 11.7. The van der Waals surface area contributed by atoms with Crippen LogP contribution in [-0.4, -0.2) is 18.5 Å². The van der Waals surface area contributed by atoms with E-state index < -0.39 is 6.04 Å². The van der Waals surface area contributed by atoms with E-state index in [1.165, 1.54) is 6.07 Å². The van der Waals surface area contributed by atoms with E-state index in [1.807, 2.05) is 6.07 Å². The van der Waals surface area contributed by atoms with Gasteiger partial charge in [-0.05, 0) is 31.9 Å². The third-order valence-electron chi connectivity index (χ3n) is 4.24. The number of anilines is 1. The molecule has 4 heteroatoms. The van der Waals surface area contributed by atoms with Crippen molar-refractivity contribution in [3.05, 3.63) is 29.6 Å². The molecule has 1 aliphatic heterocycles. The average molecular weight is 248 g/mol. The fourth-order valence-corrected chi connectivity index (χ4v) is 3.18. The average Bonchev–Trinajstić information content (AvgIpc) is 2.64. The molecule has 96 valence electrons. The summed E-state index contributed by atoms with van der Waals surface area (Å²) >= 11 is 0. The van der Waals surface area contributed by atoms with E-state index in [9.17, 15) is 9.18 Å². The Morgan fingerprint density at radius 2 is 2.22 bits per heavy atom. The number of hydrogen-bond acceptors (Lipinski definition) is 2.